The zero-order chi connectivity index (χ0) is 33.3. The number of hydrogen-bond acceptors (Lipinski definition) is 2. The van der Waals surface area contributed by atoms with Crippen molar-refractivity contribution in [3.05, 3.63) is 48.6 Å². The minimum absolute atomic E-state index is 0.277. The molecule has 5 atom stereocenters. The van der Waals surface area contributed by atoms with E-state index < -0.39 is 0 Å². The maximum absolute atomic E-state index is 6.98. The second-order valence-corrected chi connectivity index (χ2v) is 15.6. The average Bonchev–Trinajstić information content (AvgIpc) is 3.74. The maximum atomic E-state index is 6.98. The molecule has 1 heterocycles. The Kier molecular flexibility index (Phi) is 22.1. The Balaban J connectivity index is 1.23. The van der Waals surface area contributed by atoms with E-state index in [4.69, 9.17) is 9.47 Å². The van der Waals surface area contributed by atoms with Gasteiger partial charge >= 0.3 is 0 Å². The highest BCUT2D eigenvalue weighted by atomic mass is 16.8. The molecule has 0 aromatic carbocycles. The van der Waals surface area contributed by atoms with E-state index in [1.54, 1.807) is 0 Å². The minimum Gasteiger partial charge on any atom is -0.344 e. The fourth-order valence-electron chi connectivity index (χ4n) is 8.54. The van der Waals surface area contributed by atoms with Gasteiger partial charge in [0.15, 0.2) is 5.79 Å². The third-order valence-corrected chi connectivity index (χ3v) is 11.4. The number of fused-ring (bicyclic) bond motifs is 5. The summed E-state index contributed by atoms with van der Waals surface area (Å²) < 4.78 is 13.9. The molecule has 2 aliphatic carbocycles. The van der Waals surface area contributed by atoms with Gasteiger partial charge in [-0.15, -0.1) is 0 Å². The van der Waals surface area contributed by atoms with Crippen molar-refractivity contribution in [3.8, 4) is 0 Å². The number of allylic oxidation sites excluding steroid dienone is 8. The maximum Gasteiger partial charge on any atom is 0.169 e. The van der Waals surface area contributed by atoms with Crippen LogP contribution in [0.2, 0.25) is 0 Å². The lowest BCUT2D eigenvalue weighted by atomic mass is 9.86. The summed E-state index contributed by atoms with van der Waals surface area (Å²) in [6.45, 7) is 7.00. The largest absolute Gasteiger partial charge is 0.344 e. The van der Waals surface area contributed by atoms with Crippen molar-refractivity contribution in [1.29, 1.82) is 0 Å². The molecule has 1 saturated heterocycles. The monoisotopic (exact) mass is 651 g/mol. The lowest BCUT2D eigenvalue weighted by molar-refractivity contribution is -0.196. The van der Waals surface area contributed by atoms with E-state index in [9.17, 15) is 0 Å². The molecular weight excluding hydrogens is 572 g/mol. The lowest BCUT2D eigenvalue weighted by Gasteiger charge is -2.30. The Bertz CT molecular complexity index is 819. The van der Waals surface area contributed by atoms with Crippen LogP contribution in [0.4, 0.5) is 0 Å². The highest BCUT2D eigenvalue weighted by Crippen LogP contribution is 2.57. The summed E-state index contributed by atoms with van der Waals surface area (Å²) in [5.74, 6) is 2.05. The Morgan fingerprint density at radius 1 is 0.468 bits per heavy atom. The van der Waals surface area contributed by atoms with Crippen LogP contribution in [0.5, 0.6) is 0 Å². The van der Waals surface area contributed by atoms with Gasteiger partial charge in [-0.1, -0.05) is 146 Å². The van der Waals surface area contributed by atoms with Gasteiger partial charge in [0.1, 0.15) is 0 Å². The van der Waals surface area contributed by atoms with E-state index in [1.165, 1.54) is 154 Å². The van der Waals surface area contributed by atoms with Crippen molar-refractivity contribution in [2.75, 3.05) is 0 Å². The van der Waals surface area contributed by atoms with Crippen LogP contribution >= 0.6 is 0 Å². The van der Waals surface area contributed by atoms with Crippen LogP contribution in [0, 0.1) is 17.8 Å². The quantitative estimate of drug-likeness (QED) is 0.0569. The van der Waals surface area contributed by atoms with Gasteiger partial charge in [0.05, 0.1) is 12.2 Å². The predicted molar refractivity (Wildman–Crippen MR) is 206 cm³/mol. The van der Waals surface area contributed by atoms with Gasteiger partial charge in [-0.2, -0.15) is 0 Å². The Labute approximate surface area is 293 Å². The lowest BCUT2D eigenvalue weighted by Crippen LogP contribution is -2.33. The summed E-state index contributed by atoms with van der Waals surface area (Å²) in [6.07, 6.45) is 55.9. The molecule has 3 aliphatic rings. The molecule has 0 N–H and O–H groups in total. The minimum atomic E-state index is -0.277. The fourth-order valence-corrected chi connectivity index (χ4v) is 8.54. The molecule has 3 fully saturated rings. The summed E-state index contributed by atoms with van der Waals surface area (Å²) in [6, 6.07) is 0. The molecule has 0 radical (unpaired) electrons. The van der Waals surface area contributed by atoms with Gasteiger partial charge in [-0.25, -0.2) is 0 Å². The normalized spacial score (nSPS) is 25.1. The standard InChI is InChI=1S/C45H78O2/c1-4-6-8-10-12-14-16-18-20-22-24-26-28-30-32-34-36-45(46-43-41-38-40(3)42(39-41)44(43)47-45)37-35-33-31-29-27-25-23-21-19-17-15-13-11-9-7-5-2/h12-15,18-21,40-44H,4-11,16-17,22-39H2,1-3H3/b14-12-,15-13-,20-18-,21-19-/t40-,41?,42?,43-,44+/m0/s1. The molecule has 0 aromatic rings. The predicted octanol–water partition coefficient (Wildman–Crippen LogP) is 14.5. The van der Waals surface area contributed by atoms with E-state index in [-0.39, 0.29) is 5.79 Å². The van der Waals surface area contributed by atoms with Crippen molar-refractivity contribution in [1.82, 2.24) is 0 Å². The first-order valence-corrected chi connectivity index (χ1v) is 21.1. The molecule has 0 spiro atoms. The van der Waals surface area contributed by atoms with E-state index in [0.29, 0.717) is 12.2 Å². The molecule has 2 bridgehead atoms. The first-order valence-electron chi connectivity index (χ1n) is 21.1. The van der Waals surface area contributed by atoms with Crippen molar-refractivity contribution in [2.45, 2.75) is 219 Å². The second-order valence-electron chi connectivity index (χ2n) is 15.6. The van der Waals surface area contributed by atoms with Gasteiger partial charge in [-0.05, 0) is 108 Å². The van der Waals surface area contributed by atoms with E-state index >= 15 is 0 Å². The summed E-state index contributed by atoms with van der Waals surface area (Å²) in [4.78, 5) is 0. The van der Waals surface area contributed by atoms with Gasteiger partial charge in [0.2, 0.25) is 0 Å². The number of rotatable bonds is 30. The van der Waals surface area contributed by atoms with Crippen molar-refractivity contribution < 1.29 is 9.47 Å². The highest BCUT2D eigenvalue weighted by Gasteiger charge is 2.60. The average molecular weight is 651 g/mol. The fraction of sp³-hybridized carbons (Fsp3) is 0.822. The first-order chi connectivity index (χ1) is 23.2. The molecule has 1 aliphatic heterocycles. The third kappa shape index (κ3) is 16.4. The highest BCUT2D eigenvalue weighted by molar-refractivity contribution is 5.06. The SMILES string of the molecule is CCCCC/C=C\C/C=C\CCCCCCCCC1(CCCCCCCC/C=C\C/C=C\CCCCC)O[C@@H]2C3CC(C[C@@H]3C)[C@@H]2O1. The number of ether oxygens (including phenoxy) is 2. The van der Waals surface area contributed by atoms with Crippen molar-refractivity contribution >= 4 is 0 Å². The first kappa shape index (κ1) is 40.3. The van der Waals surface area contributed by atoms with Crippen LogP contribution < -0.4 is 0 Å². The van der Waals surface area contributed by atoms with E-state index in [2.05, 4.69) is 69.4 Å². The van der Waals surface area contributed by atoms with Crippen LogP contribution in [0.3, 0.4) is 0 Å². The smallest absolute Gasteiger partial charge is 0.169 e. The van der Waals surface area contributed by atoms with E-state index in [0.717, 1.165) is 43.4 Å². The molecule has 2 saturated carbocycles. The Hall–Kier alpha value is -1.12. The summed E-state index contributed by atoms with van der Waals surface area (Å²) in [7, 11) is 0. The Morgan fingerprint density at radius 3 is 1.34 bits per heavy atom. The van der Waals surface area contributed by atoms with Crippen LogP contribution in [-0.4, -0.2) is 18.0 Å². The zero-order valence-electron chi connectivity index (χ0n) is 31.6. The Morgan fingerprint density at radius 2 is 0.872 bits per heavy atom. The van der Waals surface area contributed by atoms with Gasteiger partial charge in [-0.3, -0.25) is 0 Å². The molecule has 2 nitrogen and oxygen atoms in total. The molecule has 0 aromatic heterocycles. The number of unbranched alkanes of at least 4 members (excludes halogenated alkanes) is 18. The van der Waals surface area contributed by atoms with E-state index in [1.807, 2.05) is 0 Å². The summed E-state index contributed by atoms with van der Waals surface area (Å²) in [5, 5.41) is 0. The van der Waals surface area contributed by atoms with Crippen LogP contribution in [0.1, 0.15) is 201 Å². The molecule has 47 heavy (non-hydrogen) atoms. The van der Waals surface area contributed by atoms with Crippen molar-refractivity contribution in [3.63, 3.8) is 0 Å². The number of hydrogen-bond donors (Lipinski definition) is 0. The topological polar surface area (TPSA) is 18.5 Å². The third-order valence-electron chi connectivity index (χ3n) is 11.4. The summed E-state index contributed by atoms with van der Waals surface area (Å²) >= 11 is 0. The van der Waals surface area contributed by atoms with Crippen LogP contribution in [0.25, 0.3) is 0 Å². The molecule has 2 unspecified atom stereocenters. The van der Waals surface area contributed by atoms with Gasteiger partial charge in [0, 0.05) is 12.8 Å². The molecule has 0 amide bonds. The van der Waals surface area contributed by atoms with Crippen LogP contribution in [-0.2, 0) is 9.47 Å². The van der Waals surface area contributed by atoms with Crippen LogP contribution in [0.15, 0.2) is 48.6 Å². The molecule has 270 valence electrons. The van der Waals surface area contributed by atoms with Crippen molar-refractivity contribution in [2.24, 2.45) is 17.8 Å². The molecule has 2 heteroatoms. The second kappa shape index (κ2) is 25.8. The summed E-state index contributed by atoms with van der Waals surface area (Å²) in [5.41, 5.74) is 0. The molecular formula is C45H78O2. The van der Waals surface area contributed by atoms with Gasteiger partial charge in [0.25, 0.3) is 0 Å². The molecule has 3 rings (SSSR count). The van der Waals surface area contributed by atoms with Gasteiger partial charge < -0.3 is 9.47 Å². The zero-order valence-corrected chi connectivity index (χ0v) is 31.6.